The average molecular weight is 344 g/mol. The van der Waals surface area contributed by atoms with Crippen molar-refractivity contribution >= 4 is 5.91 Å². The molecule has 1 saturated heterocycles. The quantitative estimate of drug-likeness (QED) is 0.728. The molecule has 1 aromatic heterocycles. The lowest BCUT2D eigenvalue weighted by Gasteiger charge is -2.47. The largest absolute Gasteiger partial charge is 0.468 e. The first-order valence-electron chi connectivity index (χ1n) is 9.02. The minimum Gasteiger partial charge on any atom is -0.468 e. The van der Waals surface area contributed by atoms with Crippen LogP contribution in [0.3, 0.4) is 0 Å². The van der Waals surface area contributed by atoms with Gasteiger partial charge >= 0.3 is 0 Å². The van der Waals surface area contributed by atoms with E-state index >= 15 is 0 Å². The number of carbonyl (C=O) groups excluding carboxylic acids is 1. The Hall–Kier alpha value is -2.85. The van der Waals surface area contributed by atoms with Crippen LogP contribution in [0.15, 0.2) is 77.4 Å². The van der Waals surface area contributed by atoms with Crippen LogP contribution in [0.25, 0.3) is 0 Å². The second kappa shape index (κ2) is 5.85. The van der Waals surface area contributed by atoms with Crippen molar-refractivity contribution in [2.75, 3.05) is 13.1 Å². The summed E-state index contributed by atoms with van der Waals surface area (Å²) < 4.78 is 5.61. The molecule has 1 fully saturated rings. The van der Waals surface area contributed by atoms with Gasteiger partial charge in [0.05, 0.1) is 12.8 Å². The summed E-state index contributed by atoms with van der Waals surface area (Å²) in [5.74, 6) is 1.05. The fourth-order valence-electron chi connectivity index (χ4n) is 4.48. The molecule has 0 spiro atoms. The Bertz CT molecular complexity index is 936. The summed E-state index contributed by atoms with van der Waals surface area (Å²) >= 11 is 0. The van der Waals surface area contributed by atoms with Crippen molar-refractivity contribution in [3.05, 3.63) is 95.4 Å². The van der Waals surface area contributed by atoms with E-state index in [1.165, 1.54) is 0 Å². The normalized spacial score (nSPS) is 22.3. The molecule has 4 heteroatoms. The van der Waals surface area contributed by atoms with Gasteiger partial charge < -0.3 is 9.32 Å². The third-order valence-corrected chi connectivity index (χ3v) is 5.66. The molecule has 2 aliphatic heterocycles. The van der Waals surface area contributed by atoms with E-state index in [-0.39, 0.29) is 5.91 Å². The fraction of sp³-hybridized carbons (Fsp3) is 0.227. The number of hydrogen-bond acceptors (Lipinski definition) is 3. The number of rotatable bonds is 3. The predicted molar refractivity (Wildman–Crippen MR) is 98.4 cm³/mol. The molecule has 0 aliphatic carbocycles. The Labute approximate surface area is 152 Å². The van der Waals surface area contributed by atoms with Crippen LogP contribution in [0.1, 0.15) is 27.2 Å². The average Bonchev–Trinajstić information content (AvgIpc) is 3.32. The van der Waals surface area contributed by atoms with Crippen molar-refractivity contribution < 1.29 is 9.21 Å². The Balaban J connectivity index is 1.67. The minimum atomic E-state index is -0.459. The van der Waals surface area contributed by atoms with Crippen molar-refractivity contribution in [3.63, 3.8) is 0 Å². The molecule has 0 saturated carbocycles. The summed E-state index contributed by atoms with van der Waals surface area (Å²) in [6.45, 7) is 2.24. The molecule has 4 nitrogen and oxygen atoms in total. The first-order valence-corrected chi connectivity index (χ1v) is 9.02. The number of fused-ring (bicyclic) bond motifs is 2. The van der Waals surface area contributed by atoms with Gasteiger partial charge in [-0.15, -0.1) is 0 Å². The van der Waals surface area contributed by atoms with Gasteiger partial charge in [0.2, 0.25) is 0 Å². The lowest BCUT2D eigenvalue weighted by atomic mass is 9.84. The van der Waals surface area contributed by atoms with Gasteiger partial charge in [-0.25, -0.2) is 0 Å². The van der Waals surface area contributed by atoms with E-state index in [1.807, 2.05) is 41.3 Å². The molecule has 0 N–H and O–H groups in total. The highest BCUT2D eigenvalue weighted by molar-refractivity contribution is 5.97. The molecule has 0 radical (unpaired) electrons. The maximum atomic E-state index is 13.3. The third-order valence-electron chi connectivity index (χ3n) is 5.66. The highest BCUT2D eigenvalue weighted by Crippen LogP contribution is 2.45. The SMILES string of the molecule is O=C1c2ccccc2CC2(c3ccccc3)N(Cc3ccco3)CCN12. The summed E-state index contributed by atoms with van der Waals surface area (Å²) in [5, 5.41) is 0. The summed E-state index contributed by atoms with van der Waals surface area (Å²) in [6.07, 6.45) is 2.50. The summed E-state index contributed by atoms with van der Waals surface area (Å²) in [4.78, 5) is 17.7. The maximum Gasteiger partial charge on any atom is 0.255 e. The fourth-order valence-corrected chi connectivity index (χ4v) is 4.48. The van der Waals surface area contributed by atoms with Gasteiger partial charge in [-0.05, 0) is 29.3 Å². The summed E-state index contributed by atoms with van der Waals surface area (Å²) in [5.41, 5.74) is 2.65. The number of furan rings is 1. The predicted octanol–water partition coefficient (Wildman–Crippen LogP) is 3.65. The van der Waals surface area contributed by atoms with Gasteiger partial charge in [-0.3, -0.25) is 9.69 Å². The molecule has 1 unspecified atom stereocenters. The molecule has 3 aromatic rings. The molecule has 130 valence electrons. The number of hydrogen-bond donors (Lipinski definition) is 0. The molecule has 0 bridgehead atoms. The minimum absolute atomic E-state index is 0.123. The van der Waals surface area contributed by atoms with Crippen LogP contribution in [0, 0.1) is 0 Å². The van der Waals surface area contributed by atoms with E-state index < -0.39 is 5.66 Å². The van der Waals surface area contributed by atoms with Gasteiger partial charge in [0.15, 0.2) is 0 Å². The number of nitrogens with zero attached hydrogens (tertiary/aromatic N) is 2. The van der Waals surface area contributed by atoms with Gasteiger partial charge in [0.1, 0.15) is 11.4 Å². The summed E-state index contributed by atoms with van der Waals surface area (Å²) in [6, 6.07) is 22.3. The van der Waals surface area contributed by atoms with Crippen LogP contribution in [-0.2, 0) is 18.6 Å². The lowest BCUT2D eigenvalue weighted by molar-refractivity contribution is -0.00144. The smallest absolute Gasteiger partial charge is 0.255 e. The molecular weight excluding hydrogens is 324 g/mol. The van der Waals surface area contributed by atoms with Crippen LogP contribution in [0.4, 0.5) is 0 Å². The number of amides is 1. The second-order valence-corrected chi connectivity index (χ2v) is 6.97. The monoisotopic (exact) mass is 344 g/mol. The Morgan fingerprint density at radius 2 is 1.73 bits per heavy atom. The first kappa shape index (κ1) is 15.4. The lowest BCUT2D eigenvalue weighted by Crippen LogP contribution is -2.56. The van der Waals surface area contributed by atoms with E-state index in [2.05, 4.69) is 35.2 Å². The van der Waals surface area contributed by atoms with Crippen molar-refractivity contribution in [2.45, 2.75) is 18.6 Å². The van der Waals surface area contributed by atoms with Gasteiger partial charge in [0.25, 0.3) is 5.91 Å². The van der Waals surface area contributed by atoms with E-state index in [0.717, 1.165) is 42.0 Å². The molecule has 1 atom stereocenters. The molecule has 26 heavy (non-hydrogen) atoms. The van der Waals surface area contributed by atoms with E-state index in [0.29, 0.717) is 6.54 Å². The maximum absolute atomic E-state index is 13.3. The van der Waals surface area contributed by atoms with Crippen LogP contribution in [-0.4, -0.2) is 28.8 Å². The highest BCUT2D eigenvalue weighted by atomic mass is 16.3. The van der Waals surface area contributed by atoms with Crippen molar-refractivity contribution in [1.82, 2.24) is 9.80 Å². The molecule has 1 amide bonds. The Kier molecular flexibility index (Phi) is 3.47. The molecule has 3 heterocycles. The van der Waals surface area contributed by atoms with Crippen molar-refractivity contribution in [3.8, 4) is 0 Å². The van der Waals surface area contributed by atoms with E-state index in [9.17, 15) is 4.79 Å². The van der Waals surface area contributed by atoms with Crippen LogP contribution >= 0.6 is 0 Å². The first-order chi connectivity index (χ1) is 12.8. The van der Waals surface area contributed by atoms with Crippen molar-refractivity contribution in [2.24, 2.45) is 0 Å². The highest BCUT2D eigenvalue weighted by Gasteiger charge is 2.53. The van der Waals surface area contributed by atoms with Gasteiger partial charge in [-0.1, -0.05) is 48.5 Å². The molecular formula is C22H20N2O2. The second-order valence-electron chi connectivity index (χ2n) is 6.97. The van der Waals surface area contributed by atoms with Crippen LogP contribution < -0.4 is 0 Å². The van der Waals surface area contributed by atoms with Crippen LogP contribution in [0.2, 0.25) is 0 Å². The molecule has 5 rings (SSSR count). The summed E-state index contributed by atoms with van der Waals surface area (Å²) in [7, 11) is 0. The van der Waals surface area contributed by atoms with E-state index in [4.69, 9.17) is 4.42 Å². The van der Waals surface area contributed by atoms with Gasteiger partial charge in [-0.2, -0.15) is 0 Å². The van der Waals surface area contributed by atoms with Crippen LogP contribution in [0.5, 0.6) is 0 Å². The standard InChI is InChI=1S/C22H20N2O2/c25-21-20-11-5-4-7-17(20)15-22(18-8-2-1-3-9-18)23(12-13-24(21)22)16-19-10-6-14-26-19/h1-11,14H,12-13,15-16H2. The zero-order chi connectivity index (χ0) is 17.6. The zero-order valence-corrected chi connectivity index (χ0v) is 14.5. The number of carbonyl (C=O) groups is 1. The van der Waals surface area contributed by atoms with Crippen molar-refractivity contribution in [1.29, 1.82) is 0 Å². The Morgan fingerprint density at radius 1 is 0.923 bits per heavy atom. The zero-order valence-electron chi connectivity index (χ0n) is 14.5. The molecule has 2 aliphatic rings. The van der Waals surface area contributed by atoms with Gasteiger partial charge in [0, 0.05) is 25.1 Å². The molecule has 2 aromatic carbocycles. The topological polar surface area (TPSA) is 36.7 Å². The van der Waals surface area contributed by atoms with E-state index in [1.54, 1.807) is 6.26 Å². The number of benzene rings is 2. The Morgan fingerprint density at radius 3 is 2.54 bits per heavy atom. The third kappa shape index (κ3) is 2.15.